The molecule has 33 heavy (non-hydrogen) atoms. The van der Waals surface area contributed by atoms with Gasteiger partial charge in [0.05, 0.1) is 36.3 Å². The van der Waals surface area contributed by atoms with Crippen molar-refractivity contribution in [1.82, 2.24) is 19.1 Å². The number of ether oxygens (including phenoxy) is 2. The molecule has 0 saturated heterocycles. The molecule has 2 aromatic heterocycles. The van der Waals surface area contributed by atoms with Gasteiger partial charge in [-0.05, 0) is 43.2 Å². The number of rotatable bonds is 8. The van der Waals surface area contributed by atoms with Crippen LogP contribution in [0.15, 0.2) is 30.3 Å². The molecule has 172 valence electrons. The number of nitrogens with two attached hydrogens (primary N) is 3. The zero-order chi connectivity index (χ0) is 23.7. The summed E-state index contributed by atoms with van der Waals surface area (Å²) >= 11 is 0. The molecule has 11 nitrogen and oxygen atoms in total. The third kappa shape index (κ3) is 4.00. The molecule has 0 radical (unpaired) electrons. The van der Waals surface area contributed by atoms with E-state index in [2.05, 4.69) is 9.97 Å². The predicted octanol–water partition coefficient (Wildman–Crippen LogP) is 1.92. The van der Waals surface area contributed by atoms with Crippen LogP contribution in [0.2, 0.25) is 0 Å². The number of amides is 1. The van der Waals surface area contributed by atoms with Crippen LogP contribution in [0, 0.1) is 0 Å². The zero-order valence-electron chi connectivity index (χ0n) is 18.4. The van der Waals surface area contributed by atoms with Crippen LogP contribution in [0.25, 0.3) is 22.1 Å². The number of unbranched alkanes of at least 4 members (excludes halogenated alkanes) is 1. The van der Waals surface area contributed by atoms with Gasteiger partial charge >= 0.3 is 5.97 Å². The Hall–Kier alpha value is -4.28. The molecule has 0 atom stereocenters. The van der Waals surface area contributed by atoms with Gasteiger partial charge in [0.1, 0.15) is 11.3 Å². The fraction of sp³-hybridized carbons (Fsp3) is 0.273. The van der Waals surface area contributed by atoms with Crippen molar-refractivity contribution < 1.29 is 19.1 Å². The lowest BCUT2D eigenvalue weighted by Gasteiger charge is -2.11. The number of hydrogen-bond acceptors (Lipinski definition) is 8. The number of aryl methyl sites for hydroxylation is 2. The van der Waals surface area contributed by atoms with Gasteiger partial charge in [0.15, 0.2) is 0 Å². The zero-order valence-corrected chi connectivity index (χ0v) is 18.4. The lowest BCUT2D eigenvalue weighted by atomic mass is 10.1. The van der Waals surface area contributed by atoms with E-state index < -0.39 is 11.9 Å². The van der Waals surface area contributed by atoms with E-state index in [4.69, 9.17) is 26.7 Å². The van der Waals surface area contributed by atoms with Crippen molar-refractivity contribution >= 4 is 45.8 Å². The number of fused-ring (bicyclic) bond motifs is 2. The van der Waals surface area contributed by atoms with Gasteiger partial charge in [0.2, 0.25) is 17.8 Å². The van der Waals surface area contributed by atoms with Gasteiger partial charge in [-0.1, -0.05) is 0 Å². The number of aromatic nitrogens is 4. The lowest BCUT2D eigenvalue weighted by molar-refractivity contribution is 0.0600. The molecule has 0 saturated carbocycles. The Morgan fingerprint density at radius 1 is 0.909 bits per heavy atom. The highest BCUT2D eigenvalue weighted by molar-refractivity contribution is 5.97. The maximum Gasteiger partial charge on any atom is 0.338 e. The van der Waals surface area contributed by atoms with Crippen LogP contribution in [-0.2, 0) is 17.8 Å². The Labute approximate surface area is 189 Å². The summed E-state index contributed by atoms with van der Waals surface area (Å²) < 4.78 is 14.0. The Balaban J connectivity index is 1.52. The fourth-order valence-electron chi connectivity index (χ4n) is 3.94. The minimum Gasteiger partial charge on any atom is -0.494 e. The molecule has 4 rings (SSSR count). The maximum atomic E-state index is 11.9. The Bertz CT molecular complexity index is 1370. The predicted molar refractivity (Wildman–Crippen MR) is 124 cm³/mol. The van der Waals surface area contributed by atoms with E-state index in [9.17, 15) is 9.59 Å². The quantitative estimate of drug-likeness (QED) is 0.270. The SMILES string of the molecule is COC(=O)c1cc(OC)c2c(c1)nc(N)n2CCCCn1c(N)nc2cc(C(N)=O)ccc21. The highest BCUT2D eigenvalue weighted by atomic mass is 16.5. The molecule has 0 fully saturated rings. The average molecular weight is 451 g/mol. The molecular formula is C22H25N7O4. The van der Waals surface area contributed by atoms with Crippen LogP contribution in [0.3, 0.4) is 0 Å². The summed E-state index contributed by atoms with van der Waals surface area (Å²) in [5.74, 6) is 0.209. The van der Waals surface area contributed by atoms with E-state index in [0.717, 1.165) is 18.4 Å². The van der Waals surface area contributed by atoms with Crippen LogP contribution >= 0.6 is 0 Å². The number of methoxy groups -OCH3 is 2. The first kappa shape index (κ1) is 21.9. The second-order valence-electron chi connectivity index (χ2n) is 7.56. The van der Waals surface area contributed by atoms with E-state index in [-0.39, 0.29) is 0 Å². The molecule has 4 aromatic rings. The number of nitrogen functional groups attached to an aromatic ring is 2. The van der Waals surface area contributed by atoms with Crippen molar-refractivity contribution in [3.05, 3.63) is 41.5 Å². The molecular weight excluding hydrogens is 426 g/mol. The summed E-state index contributed by atoms with van der Waals surface area (Å²) in [6, 6.07) is 8.34. The molecule has 11 heteroatoms. The molecule has 0 aliphatic heterocycles. The van der Waals surface area contributed by atoms with E-state index in [1.807, 2.05) is 9.13 Å². The number of nitrogens with zero attached hydrogens (tertiary/aromatic N) is 4. The normalized spacial score (nSPS) is 11.2. The number of carbonyl (C=O) groups is 2. The first-order chi connectivity index (χ1) is 15.8. The molecule has 0 unspecified atom stereocenters. The molecule has 1 amide bonds. The number of esters is 1. The van der Waals surface area contributed by atoms with Gasteiger partial charge in [0, 0.05) is 18.7 Å². The van der Waals surface area contributed by atoms with E-state index in [1.54, 1.807) is 30.3 Å². The minimum absolute atomic E-state index is 0.330. The third-order valence-electron chi connectivity index (χ3n) is 5.55. The highest BCUT2D eigenvalue weighted by Gasteiger charge is 2.18. The first-order valence-corrected chi connectivity index (χ1v) is 10.3. The van der Waals surface area contributed by atoms with Gasteiger partial charge in [0.25, 0.3) is 0 Å². The highest BCUT2D eigenvalue weighted by Crippen LogP contribution is 2.30. The van der Waals surface area contributed by atoms with Gasteiger partial charge in [-0.15, -0.1) is 0 Å². The number of hydrogen-bond donors (Lipinski definition) is 3. The molecule has 2 heterocycles. The Kier molecular flexibility index (Phi) is 5.78. The maximum absolute atomic E-state index is 11.9. The van der Waals surface area contributed by atoms with Crippen molar-refractivity contribution in [2.75, 3.05) is 25.7 Å². The molecule has 0 bridgehead atoms. The standard InChI is InChI=1S/C22H25N7O4/c1-32-17-11-13(20(31)33-2)10-15-18(17)29(22(25)27-15)8-4-3-7-28-16-6-5-12(19(23)30)9-14(16)26-21(28)24/h5-6,9-11H,3-4,7-8H2,1-2H3,(H2,23,30)(H2,24,26)(H2,25,27). The number of imidazole rings is 2. The van der Waals surface area contributed by atoms with E-state index in [0.29, 0.717) is 58.4 Å². The van der Waals surface area contributed by atoms with Gasteiger partial charge in [-0.25, -0.2) is 14.8 Å². The van der Waals surface area contributed by atoms with E-state index in [1.165, 1.54) is 14.2 Å². The van der Waals surface area contributed by atoms with Crippen LogP contribution in [0.1, 0.15) is 33.6 Å². The molecule has 0 aliphatic carbocycles. The van der Waals surface area contributed by atoms with E-state index >= 15 is 0 Å². The third-order valence-corrected chi connectivity index (χ3v) is 5.55. The van der Waals surface area contributed by atoms with Crippen molar-refractivity contribution in [3.8, 4) is 5.75 Å². The summed E-state index contributed by atoms with van der Waals surface area (Å²) in [4.78, 5) is 32.0. The van der Waals surface area contributed by atoms with Crippen molar-refractivity contribution in [3.63, 3.8) is 0 Å². The van der Waals surface area contributed by atoms with Crippen molar-refractivity contribution in [1.29, 1.82) is 0 Å². The van der Waals surface area contributed by atoms with Crippen LogP contribution in [-0.4, -0.2) is 45.2 Å². The smallest absolute Gasteiger partial charge is 0.338 e. The lowest BCUT2D eigenvalue weighted by Crippen LogP contribution is -2.10. The number of primary amides is 1. The summed E-state index contributed by atoms with van der Waals surface area (Å²) in [5.41, 5.74) is 21.1. The molecule has 6 N–H and O–H groups in total. The second kappa shape index (κ2) is 8.69. The van der Waals surface area contributed by atoms with Crippen LogP contribution in [0.5, 0.6) is 5.75 Å². The van der Waals surface area contributed by atoms with Crippen LogP contribution < -0.4 is 21.9 Å². The van der Waals surface area contributed by atoms with Gasteiger partial charge in [-0.2, -0.15) is 0 Å². The summed E-state index contributed by atoms with van der Waals surface area (Å²) in [5, 5.41) is 0. The second-order valence-corrected chi connectivity index (χ2v) is 7.56. The summed E-state index contributed by atoms with van der Waals surface area (Å²) in [7, 11) is 2.85. The monoisotopic (exact) mass is 451 g/mol. The Morgan fingerprint density at radius 2 is 1.55 bits per heavy atom. The summed E-state index contributed by atoms with van der Waals surface area (Å²) in [6.45, 7) is 1.23. The minimum atomic E-state index is -0.510. The number of anilines is 2. The molecule has 2 aromatic carbocycles. The van der Waals surface area contributed by atoms with Crippen molar-refractivity contribution in [2.45, 2.75) is 25.9 Å². The van der Waals surface area contributed by atoms with Crippen LogP contribution in [0.4, 0.5) is 11.9 Å². The van der Waals surface area contributed by atoms with Gasteiger partial charge in [-0.3, -0.25) is 4.79 Å². The van der Waals surface area contributed by atoms with Gasteiger partial charge < -0.3 is 35.8 Å². The Morgan fingerprint density at radius 3 is 2.21 bits per heavy atom. The number of benzene rings is 2. The number of carbonyl (C=O) groups excluding carboxylic acids is 2. The summed E-state index contributed by atoms with van der Waals surface area (Å²) in [6.07, 6.45) is 1.56. The average Bonchev–Trinajstić information content (AvgIpc) is 3.29. The fourth-order valence-corrected chi connectivity index (χ4v) is 3.94. The molecule has 0 aliphatic rings. The molecule has 0 spiro atoms. The topological polar surface area (TPSA) is 166 Å². The first-order valence-electron chi connectivity index (χ1n) is 10.3. The van der Waals surface area contributed by atoms with Crippen molar-refractivity contribution in [2.24, 2.45) is 5.73 Å². The largest absolute Gasteiger partial charge is 0.494 e.